The molecule has 170 valence electrons. The predicted molar refractivity (Wildman–Crippen MR) is 110 cm³/mol. The van der Waals surface area contributed by atoms with E-state index >= 15 is 0 Å². The number of hydrogen-bond acceptors (Lipinski definition) is 7. The molecule has 2 saturated heterocycles. The lowest BCUT2D eigenvalue weighted by atomic mass is 9.91. The Balaban J connectivity index is 1.93. The van der Waals surface area contributed by atoms with Crippen LogP contribution in [0.1, 0.15) is 46.5 Å². The number of esters is 1. The van der Waals surface area contributed by atoms with Crippen molar-refractivity contribution in [3.63, 3.8) is 0 Å². The zero-order valence-corrected chi connectivity index (χ0v) is 18.5. The van der Waals surface area contributed by atoms with Crippen LogP contribution in [0.5, 0.6) is 0 Å². The highest BCUT2D eigenvalue weighted by atomic mass is 16.7. The number of rotatable bonds is 3. The molecule has 0 spiro atoms. The number of carbonyl (C=O) groups excluding carboxylic acids is 3. The quantitative estimate of drug-likeness (QED) is 0.727. The number of ether oxygens (including phenoxy) is 4. The maximum absolute atomic E-state index is 13.0. The molecule has 0 bridgehead atoms. The van der Waals surface area contributed by atoms with Crippen LogP contribution < -0.4 is 5.32 Å². The van der Waals surface area contributed by atoms with E-state index in [9.17, 15) is 14.4 Å². The summed E-state index contributed by atoms with van der Waals surface area (Å²) in [4.78, 5) is 38.1. The molecule has 2 aliphatic heterocycles. The first-order chi connectivity index (χ1) is 14.5. The van der Waals surface area contributed by atoms with Gasteiger partial charge in [0.1, 0.15) is 11.7 Å². The molecule has 1 N–H and O–H groups in total. The minimum absolute atomic E-state index is 0.0936. The number of carbonyl (C=O) groups is 3. The molecule has 2 aliphatic rings. The van der Waals surface area contributed by atoms with E-state index in [0.29, 0.717) is 0 Å². The average Bonchev–Trinajstić information content (AvgIpc) is 2.67. The van der Waals surface area contributed by atoms with Crippen molar-refractivity contribution in [3.8, 4) is 0 Å². The fourth-order valence-corrected chi connectivity index (χ4v) is 3.84. The smallest absolute Gasteiger partial charge is 0.410 e. The van der Waals surface area contributed by atoms with Crippen molar-refractivity contribution in [1.82, 2.24) is 10.2 Å². The summed E-state index contributed by atoms with van der Waals surface area (Å²) in [6.07, 6.45) is -2.76. The van der Waals surface area contributed by atoms with Gasteiger partial charge in [-0.15, -0.1) is 0 Å². The number of nitrogens with zero attached hydrogens (tertiary/aromatic N) is 1. The van der Waals surface area contributed by atoms with Gasteiger partial charge < -0.3 is 24.3 Å². The summed E-state index contributed by atoms with van der Waals surface area (Å²) in [5.74, 6) is -0.812. The molecule has 9 nitrogen and oxygen atoms in total. The topological polar surface area (TPSA) is 103 Å². The Kier molecular flexibility index (Phi) is 6.86. The molecule has 2 amide bonds. The van der Waals surface area contributed by atoms with Crippen LogP contribution in [0, 0.1) is 0 Å². The molecule has 2 heterocycles. The molecular formula is C22H30N2O7. The first kappa shape index (κ1) is 23.0. The van der Waals surface area contributed by atoms with E-state index in [0.717, 1.165) is 5.56 Å². The highest BCUT2D eigenvalue weighted by molar-refractivity contribution is 5.74. The van der Waals surface area contributed by atoms with Crippen LogP contribution in [-0.4, -0.2) is 65.9 Å². The van der Waals surface area contributed by atoms with Crippen molar-refractivity contribution in [1.29, 1.82) is 0 Å². The van der Waals surface area contributed by atoms with Gasteiger partial charge in [0.2, 0.25) is 5.91 Å². The van der Waals surface area contributed by atoms with E-state index in [2.05, 4.69) is 5.32 Å². The van der Waals surface area contributed by atoms with Gasteiger partial charge in [0.15, 0.2) is 12.4 Å². The minimum Gasteiger partial charge on any atom is -0.457 e. The van der Waals surface area contributed by atoms with Gasteiger partial charge in [-0.1, -0.05) is 30.3 Å². The molecule has 5 atom stereocenters. The number of amides is 2. The molecule has 0 aromatic heterocycles. The highest BCUT2D eigenvalue weighted by Gasteiger charge is 2.52. The third kappa shape index (κ3) is 5.74. The van der Waals surface area contributed by atoms with Crippen molar-refractivity contribution in [2.75, 3.05) is 13.2 Å². The van der Waals surface area contributed by atoms with Crippen molar-refractivity contribution < 1.29 is 33.3 Å². The number of fused-ring (bicyclic) bond motifs is 1. The first-order valence-corrected chi connectivity index (χ1v) is 10.3. The summed E-state index contributed by atoms with van der Waals surface area (Å²) in [5.41, 5.74) is 0.0965. The van der Waals surface area contributed by atoms with Crippen molar-refractivity contribution >= 4 is 18.0 Å². The van der Waals surface area contributed by atoms with E-state index < -0.39 is 48.2 Å². The van der Waals surface area contributed by atoms with E-state index in [4.69, 9.17) is 18.9 Å². The van der Waals surface area contributed by atoms with E-state index in [1.165, 1.54) is 18.7 Å². The summed E-state index contributed by atoms with van der Waals surface area (Å²) in [6, 6.07) is 8.14. The van der Waals surface area contributed by atoms with Crippen molar-refractivity contribution in [2.24, 2.45) is 0 Å². The van der Waals surface area contributed by atoms with Crippen LogP contribution in [0.3, 0.4) is 0 Å². The van der Waals surface area contributed by atoms with Gasteiger partial charge in [0.25, 0.3) is 0 Å². The number of likely N-dealkylation sites (tertiary alicyclic amines) is 1. The molecular weight excluding hydrogens is 404 g/mol. The molecule has 1 aromatic carbocycles. The Morgan fingerprint density at radius 2 is 1.81 bits per heavy atom. The van der Waals surface area contributed by atoms with E-state index in [1.807, 2.05) is 30.3 Å². The highest BCUT2D eigenvalue weighted by Crippen LogP contribution is 2.35. The van der Waals surface area contributed by atoms with E-state index in [-0.39, 0.29) is 19.1 Å². The third-order valence-corrected chi connectivity index (χ3v) is 4.98. The van der Waals surface area contributed by atoms with Crippen LogP contribution in [0.15, 0.2) is 30.3 Å². The first-order valence-electron chi connectivity index (χ1n) is 10.3. The second-order valence-corrected chi connectivity index (χ2v) is 8.76. The Morgan fingerprint density at radius 3 is 2.39 bits per heavy atom. The van der Waals surface area contributed by atoms with Gasteiger partial charge in [0.05, 0.1) is 18.7 Å². The van der Waals surface area contributed by atoms with Gasteiger partial charge >= 0.3 is 12.1 Å². The van der Waals surface area contributed by atoms with Crippen LogP contribution >= 0.6 is 0 Å². The maximum Gasteiger partial charge on any atom is 0.410 e. The molecule has 2 fully saturated rings. The zero-order valence-electron chi connectivity index (χ0n) is 18.5. The second-order valence-electron chi connectivity index (χ2n) is 8.76. The van der Waals surface area contributed by atoms with Gasteiger partial charge in [-0.2, -0.15) is 0 Å². The monoisotopic (exact) mass is 434 g/mol. The molecule has 5 unspecified atom stereocenters. The lowest BCUT2D eigenvalue weighted by Crippen LogP contribution is -2.70. The maximum atomic E-state index is 13.0. The van der Waals surface area contributed by atoms with E-state index in [1.54, 1.807) is 20.8 Å². The van der Waals surface area contributed by atoms with Crippen LogP contribution in [0.4, 0.5) is 4.79 Å². The standard InChI is InChI=1S/C22H30N2O7/c1-13(25)23-16-11-24(21(27)31-22(3,4)5)17-12-28-20(15-9-7-6-8-10-15)30-19(17)18(16)29-14(2)26/h6-10,16-20H,11-12H2,1-5H3,(H,23,25). The number of piperidine rings is 1. The lowest BCUT2D eigenvalue weighted by molar-refractivity contribution is -0.277. The van der Waals surface area contributed by atoms with Crippen LogP contribution in [-0.2, 0) is 28.5 Å². The second kappa shape index (κ2) is 9.23. The lowest BCUT2D eigenvalue weighted by Gasteiger charge is -2.51. The average molecular weight is 434 g/mol. The number of benzene rings is 1. The van der Waals surface area contributed by atoms with Gasteiger partial charge in [-0.3, -0.25) is 14.5 Å². The molecule has 0 saturated carbocycles. The molecule has 9 heteroatoms. The van der Waals surface area contributed by atoms with Gasteiger partial charge in [-0.05, 0) is 20.8 Å². The van der Waals surface area contributed by atoms with Gasteiger partial charge in [-0.25, -0.2) is 4.79 Å². The largest absolute Gasteiger partial charge is 0.457 e. The zero-order chi connectivity index (χ0) is 22.8. The summed E-state index contributed by atoms with van der Waals surface area (Å²) >= 11 is 0. The number of nitrogens with one attached hydrogen (secondary N) is 1. The summed E-state index contributed by atoms with van der Waals surface area (Å²) in [7, 11) is 0. The molecule has 0 radical (unpaired) electrons. The third-order valence-electron chi connectivity index (χ3n) is 4.98. The predicted octanol–water partition coefficient (Wildman–Crippen LogP) is 2.16. The summed E-state index contributed by atoms with van der Waals surface area (Å²) in [5, 5.41) is 2.79. The molecule has 1 aromatic rings. The SMILES string of the molecule is CC(=O)NC1CN(C(=O)OC(C)(C)C)C2COC(c3ccccc3)OC2C1OC(C)=O. The van der Waals surface area contributed by atoms with Crippen LogP contribution in [0.25, 0.3) is 0 Å². The van der Waals surface area contributed by atoms with Crippen molar-refractivity contribution in [3.05, 3.63) is 35.9 Å². The fourth-order valence-electron chi connectivity index (χ4n) is 3.84. The Hall–Kier alpha value is -2.65. The molecule has 3 rings (SSSR count). The Bertz CT molecular complexity index is 808. The normalized spacial score (nSPS) is 28.3. The van der Waals surface area contributed by atoms with Crippen LogP contribution in [0.2, 0.25) is 0 Å². The summed E-state index contributed by atoms with van der Waals surface area (Å²) < 4.78 is 23.3. The fraction of sp³-hybridized carbons (Fsp3) is 0.591. The number of hydrogen-bond donors (Lipinski definition) is 1. The summed E-state index contributed by atoms with van der Waals surface area (Å²) in [6.45, 7) is 8.25. The molecule has 0 aliphatic carbocycles. The Labute approximate surface area is 182 Å². The van der Waals surface area contributed by atoms with Crippen molar-refractivity contribution in [2.45, 2.75) is 70.8 Å². The Morgan fingerprint density at radius 1 is 1.13 bits per heavy atom. The minimum atomic E-state index is -0.791. The molecule has 31 heavy (non-hydrogen) atoms. The van der Waals surface area contributed by atoms with Gasteiger partial charge in [0, 0.05) is 26.0 Å².